The molecule has 0 atom stereocenters. The lowest BCUT2D eigenvalue weighted by atomic mass is 10.2. The summed E-state index contributed by atoms with van der Waals surface area (Å²) in [7, 11) is -2.00. The lowest BCUT2D eigenvalue weighted by Crippen LogP contribution is -2.18. The summed E-state index contributed by atoms with van der Waals surface area (Å²) in [5.74, 6) is 0. The van der Waals surface area contributed by atoms with Gasteiger partial charge in [0.2, 0.25) is 10.0 Å². The third kappa shape index (κ3) is 2.19. The van der Waals surface area contributed by atoms with Gasteiger partial charge in [0.05, 0.1) is 4.90 Å². The van der Waals surface area contributed by atoms with E-state index in [1.54, 1.807) is 19.1 Å². The second kappa shape index (κ2) is 3.35. The Hall–Kier alpha value is -1.07. The quantitative estimate of drug-likeness (QED) is 0.682. The smallest absolute Gasteiger partial charge is 0.240 e. The third-order valence-electron chi connectivity index (χ3n) is 1.65. The molecule has 1 rings (SSSR count). The Kier molecular flexibility index (Phi) is 2.58. The molecular formula is C8H12N2O2S. The molecule has 0 unspecified atom stereocenters. The summed E-state index contributed by atoms with van der Waals surface area (Å²) in [6.07, 6.45) is 0. The number of hydrogen-bond donors (Lipinski definition) is 2. The molecule has 4 nitrogen and oxygen atoms in total. The van der Waals surface area contributed by atoms with Gasteiger partial charge in [-0.25, -0.2) is 13.1 Å². The molecule has 0 saturated carbocycles. The van der Waals surface area contributed by atoms with Crippen LogP contribution in [0.5, 0.6) is 0 Å². The van der Waals surface area contributed by atoms with Gasteiger partial charge in [0.15, 0.2) is 0 Å². The molecule has 0 heterocycles. The summed E-state index contributed by atoms with van der Waals surface area (Å²) in [4.78, 5) is 0.201. The van der Waals surface area contributed by atoms with Crippen molar-refractivity contribution in [3.8, 4) is 0 Å². The number of sulfonamides is 1. The van der Waals surface area contributed by atoms with Gasteiger partial charge in [-0.3, -0.25) is 0 Å². The van der Waals surface area contributed by atoms with Crippen LogP contribution in [0.4, 0.5) is 5.69 Å². The van der Waals surface area contributed by atoms with E-state index in [0.29, 0.717) is 5.69 Å². The van der Waals surface area contributed by atoms with Crippen LogP contribution in [0.2, 0.25) is 0 Å². The number of nitrogen functional groups attached to an aromatic ring is 1. The molecule has 0 amide bonds. The predicted octanol–water partition coefficient (Wildman–Crippen LogP) is 0.485. The molecule has 3 N–H and O–H groups in total. The van der Waals surface area contributed by atoms with Crippen molar-refractivity contribution in [1.82, 2.24) is 4.72 Å². The molecule has 0 fully saturated rings. The van der Waals surface area contributed by atoms with Gasteiger partial charge >= 0.3 is 0 Å². The van der Waals surface area contributed by atoms with Crippen LogP contribution in [0.25, 0.3) is 0 Å². The van der Waals surface area contributed by atoms with Crippen LogP contribution in [0.3, 0.4) is 0 Å². The minimum atomic E-state index is -3.37. The minimum absolute atomic E-state index is 0.201. The average molecular weight is 200 g/mol. The number of aryl methyl sites for hydroxylation is 1. The van der Waals surface area contributed by atoms with E-state index in [1.807, 2.05) is 0 Å². The number of hydrogen-bond acceptors (Lipinski definition) is 3. The third-order valence-corrected chi connectivity index (χ3v) is 3.05. The number of benzene rings is 1. The van der Waals surface area contributed by atoms with Crippen LogP contribution in [0.15, 0.2) is 23.1 Å². The van der Waals surface area contributed by atoms with Crippen molar-refractivity contribution in [3.05, 3.63) is 23.8 Å². The Labute approximate surface area is 77.8 Å². The number of rotatable bonds is 2. The average Bonchev–Trinajstić information content (AvgIpc) is 2.02. The standard InChI is InChI=1S/C8H12N2O2S/c1-6-3-7(9)5-8(4-6)13(11,12)10-2/h3-5,10H,9H2,1-2H3. The van der Waals surface area contributed by atoms with E-state index in [1.165, 1.54) is 13.1 Å². The summed E-state index contributed by atoms with van der Waals surface area (Å²) >= 11 is 0. The normalized spacial score (nSPS) is 11.5. The summed E-state index contributed by atoms with van der Waals surface area (Å²) in [5, 5.41) is 0. The zero-order valence-corrected chi connectivity index (χ0v) is 8.35. The highest BCUT2D eigenvalue weighted by Crippen LogP contribution is 2.15. The van der Waals surface area contributed by atoms with Gasteiger partial charge in [0.1, 0.15) is 0 Å². The maximum atomic E-state index is 11.3. The van der Waals surface area contributed by atoms with E-state index < -0.39 is 10.0 Å². The Morgan fingerprint density at radius 3 is 2.38 bits per heavy atom. The van der Waals surface area contributed by atoms with Gasteiger partial charge < -0.3 is 5.73 Å². The number of nitrogens with one attached hydrogen (secondary N) is 1. The molecular weight excluding hydrogens is 188 g/mol. The van der Waals surface area contributed by atoms with Crippen LogP contribution >= 0.6 is 0 Å². The Morgan fingerprint density at radius 1 is 1.31 bits per heavy atom. The molecule has 13 heavy (non-hydrogen) atoms. The van der Waals surface area contributed by atoms with Crippen molar-refractivity contribution in [3.63, 3.8) is 0 Å². The SMILES string of the molecule is CNS(=O)(=O)c1cc(C)cc(N)c1. The fourth-order valence-electron chi connectivity index (χ4n) is 1.05. The lowest BCUT2D eigenvalue weighted by Gasteiger charge is -2.04. The predicted molar refractivity (Wildman–Crippen MR) is 51.8 cm³/mol. The van der Waals surface area contributed by atoms with Crippen molar-refractivity contribution >= 4 is 15.7 Å². The van der Waals surface area contributed by atoms with Gasteiger partial charge in [-0.2, -0.15) is 0 Å². The highest BCUT2D eigenvalue weighted by atomic mass is 32.2. The molecule has 0 saturated heterocycles. The Morgan fingerprint density at radius 2 is 1.92 bits per heavy atom. The summed E-state index contributed by atoms with van der Waals surface area (Å²) < 4.78 is 24.9. The fraction of sp³-hybridized carbons (Fsp3) is 0.250. The first-order chi connectivity index (χ1) is 5.95. The van der Waals surface area contributed by atoms with Crippen LogP contribution in [0.1, 0.15) is 5.56 Å². The number of anilines is 1. The van der Waals surface area contributed by atoms with Gasteiger partial charge in [-0.15, -0.1) is 0 Å². The van der Waals surface area contributed by atoms with E-state index in [0.717, 1.165) is 5.56 Å². The molecule has 0 spiro atoms. The molecule has 5 heteroatoms. The summed E-state index contributed by atoms with van der Waals surface area (Å²) in [5.41, 5.74) is 6.80. The molecule has 0 aliphatic rings. The second-order valence-electron chi connectivity index (χ2n) is 2.79. The molecule has 1 aromatic rings. The van der Waals surface area contributed by atoms with E-state index in [2.05, 4.69) is 4.72 Å². The molecule has 0 aromatic heterocycles. The Bertz CT molecular complexity index is 392. The molecule has 72 valence electrons. The van der Waals surface area contributed by atoms with E-state index in [-0.39, 0.29) is 4.90 Å². The van der Waals surface area contributed by atoms with Crippen molar-refractivity contribution in [1.29, 1.82) is 0 Å². The maximum absolute atomic E-state index is 11.3. The first-order valence-corrected chi connectivity index (χ1v) is 5.25. The van der Waals surface area contributed by atoms with Crippen LogP contribution in [-0.2, 0) is 10.0 Å². The molecule has 0 bridgehead atoms. The lowest BCUT2D eigenvalue weighted by molar-refractivity contribution is 0.588. The molecule has 0 aliphatic heterocycles. The van der Waals surface area contributed by atoms with Crippen molar-refractivity contribution in [2.45, 2.75) is 11.8 Å². The van der Waals surface area contributed by atoms with Gasteiger partial charge in [0.25, 0.3) is 0 Å². The summed E-state index contributed by atoms with van der Waals surface area (Å²) in [6.45, 7) is 1.80. The first-order valence-electron chi connectivity index (χ1n) is 3.76. The van der Waals surface area contributed by atoms with Gasteiger partial charge in [-0.1, -0.05) is 0 Å². The molecule has 1 aromatic carbocycles. The first kappa shape index (κ1) is 10.0. The Balaban J connectivity index is 3.32. The zero-order valence-electron chi connectivity index (χ0n) is 7.53. The van der Waals surface area contributed by atoms with Gasteiger partial charge in [0, 0.05) is 5.69 Å². The van der Waals surface area contributed by atoms with Crippen LogP contribution in [-0.4, -0.2) is 15.5 Å². The second-order valence-corrected chi connectivity index (χ2v) is 4.67. The van der Waals surface area contributed by atoms with Crippen molar-refractivity contribution in [2.75, 3.05) is 12.8 Å². The highest BCUT2D eigenvalue weighted by molar-refractivity contribution is 7.89. The van der Waals surface area contributed by atoms with Crippen LogP contribution < -0.4 is 10.5 Å². The molecule has 0 aliphatic carbocycles. The topological polar surface area (TPSA) is 72.2 Å². The zero-order chi connectivity index (χ0) is 10.1. The van der Waals surface area contributed by atoms with E-state index in [4.69, 9.17) is 5.73 Å². The molecule has 0 radical (unpaired) electrons. The van der Waals surface area contributed by atoms with Crippen molar-refractivity contribution < 1.29 is 8.42 Å². The van der Waals surface area contributed by atoms with E-state index >= 15 is 0 Å². The largest absolute Gasteiger partial charge is 0.399 e. The minimum Gasteiger partial charge on any atom is -0.399 e. The summed E-state index contributed by atoms with van der Waals surface area (Å²) in [6, 6.07) is 4.72. The van der Waals surface area contributed by atoms with Crippen LogP contribution in [0, 0.1) is 6.92 Å². The van der Waals surface area contributed by atoms with E-state index in [9.17, 15) is 8.42 Å². The van der Waals surface area contributed by atoms with Crippen molar-refractivity contribution in [2.24, 2.45) is 0 Å². The fourth-order valence-corrected chi connectivity index (χ4v) is 1.92. The number of nitrogens with two attached hydrogens (primary N) is 1. The highest BCUT2D eigenvalue weighted by Gasteiger charge is 2.11. The maximum Gasteiger partial charge on any atom is 0.240 e. The van der Waals surface area contributed by atoms with Gasteiger partial charge in [-0.05, 0) is 37.7 Å². The monoisotopic (exact) mass is 200 g/mol.